The van der Waals surface area contributed by atoms with E-state index in [0.29, 0.717) is 30.1 Å². The molecule has 1 amide bonds. The molecule has 0 radical (unpaired) electrons. The van der Waals surface area contributed by atoms with E-state index in [1.54, 1.807) is 28.4 Å². The van der Waals surface area contributed by atoms with E-state index in [9.17, 15) is 4.79 Å². The van der Waals surface area contributed by atoms with Crippen LogP contribution in [0.25, 0.3) is 0 Å². The fourth-order valence-electron chi connectivity index (χ4n) is 3.91. The van der Waals surface area contributed by atoms with Gasteiger partial charge in [0.1, 0.15) is 5.75 Å². The van der Waals surface area contributed by atoms with Gasteiger partial charge >= 0.3 is 0 Å². The van der Waals surface area contributed by atoms with Crippen LogP contribution in [0.3, 0.4) is 0 Å². The summed E-state index contributed by atoms with van der Waals surface area (Å²) in [5.41, 5.74) is 2.14. The van der Waals surface area contributed by atoms with Crippen molar-refractivity contribution in [3.8, 4) is 23.0 Å². The Labute approximate surface area is 172 Å². The van der Waals surface area contributed by atoms with Crippen molar-refractivity contribution >= 4 is 5.91 Å². The second-order valence-electron chi connectivity index (χ2n) is 7.05. The highest BCUT2D eigenvalue weighted by molar-refractivity contribution is 5.77. The molecule has 1 fully saturated rings. The summed E-state index contributed by atoms with van der Waals surface area (Å²) in [5.74, 6) is 2.76. The maximum atomic E-state index is 13.0. The van der Waals surface area contributed by atoms with Crippen molar-refractivity contribution in [3.63, 3.8) is 0 Å². The van der Waals surface area contributed by atoms with Gasteiger partial charge < -0.3 is 23.8 Å². The largest absolute Gasteiger partial charge is 0.497 e. The van der Waals surface area contributed by atoms with E-state index in [1.807, 2.05) is 41.3 Å². The predicted molar refractivity (Wildman–Crippen MR) is 111 cm³/mol. The maximum Gasteiger partial charge on any atom is 0.223 e. The standard InChI is InChI=1S/C23H29NO5/c1-26-18-10-8-17(9-11-18)19-6-5-13-24(19)22(25)12-7-16-14-20(27-2)23(29-4)21(15-16)28-3/h8-11,14-15,19H,5-7,12-13H2,1-4H3. The first-order valence-electron chi connectivity index (χ1n) is 9.83. The number of rotatable bonds is 8. The summed E-state index contributed by atoms with van der Waals surface area (Å²) in [4.78, 5) is 15.0. The maximum absolute atomic E-state index is 13.0. The van der Waals surface area contributed by atoms with Gasteiger partial charge in [-0.2, -0.15) is 0 Å². The van der Waals surface area contributed by atoms with Crippen LogP contribution in [0.2, 0.25) is 0 Å². The third-order valence-corrected chi connectivity index (χ3v) is 5.43. The molecule has 0 aromatic heterocycles. The number of carbonyl (C=O) groups excluding carboxylic acids is 1. The molecule has 1 saturated heterocycles. The zero-order chi connectivity index (χ0) is 20.8. The molecule has 3 rings (SSSR count). The van der Waals surface area contributed by atoms with Crippen LogP contribution in [0.5, 0.6) is 23.0 Å². The van der Waals surface area contributed by atoms with Crippen molar-refractivity contribution in [1.29, 1.82) is 0 Å². The Morgan fingerprint density at radius 1 is 0.966 bits per heavy atom. The van der Waals surface area contributed by atoms with E-state index in [4.69, 9.17) is 18.9 Å². The summed E-state index contributed by atoms with van der Waals surface area (Å²) < 4.78 is 21.4. The smallest absolute Gasteiger partial charge is 0.223 e. The Morgan fingerprint density at radius 3 is 2.17 bits per heavy atom. The van der Waals surface area contributed by atoms with Gasteiger partial charge in [0.15, 0.2) is 11.5 Å². The van der Waals surface area contributed by atoms with Crippen molar-refractivity contribution < 1.29 is 23.7 Å². The van der Waals surface area contributed by atoms with Crippen LogP contribution in [0.15, 0.2) is 36.4 Å². The first-order valence-corrected chi connectivity index (χ1v) is 9.83. The molecular weight excluding hydrogens is 370 g/mol. The summed E-state index contributed by atoms with van der Waals surface area (Å²) >= 11 is 0. The number of methoxy groups -OCH3 is 4. The van der Waals surface area contributed by atoms with Crippen LogP contribution in [0, 0.1) is 0 Å². The minimum Gasteiger partial charge on any atom is -0.497 e. The first kappa shape index (κ1) is 20.8. The number of nitrogens with zero attached hydrogens (tertiary/aromatic N) is 1. The lowest BCUT2D eigenvalue weighted by atomic mass is 10.0. The molecule has 0 N–H and O–H groups in total. The lowest BCUT2D eigenvalue weighted by Gasteiger charge is -2.25. The minimum absolute atomic E-state index is 0.133. The molecular formula is C23H29NO5. The molecule has 1 unspecified atom stereocenters. The zero-order valence-electron chi connectivity index (χ0n) is 17.6. The lowest BCUT2D eigenvalue weighted by molar-refractivity contribution is -0.132. The van der Waals surface area contributed by atoms with Crippen LogP contribution >= 0.6 is 0 Å². The van der Waals surface area contributed by atoms with Crippen LogP contribution in [-0.2, 0) is 11.2 Å². The molecule has 156 valence electrons. The Morgan fingerprint density at radius 2 is 1.62 bits per heavy atom. The molecule has 1 aliphatic heterocycles. The van der Waals surface area contributed by atoms with Gasteiger partial charge in [0.05, 0.1) is 34.5 Å². The molecule has 0 spiro atoms. The second-order valence-corrected chi connectivity index (χ2v) is 7.05. The zero-order valence-corrected chi connectivity index (χ0v) is 17.6. The highest BCUT2D eigenvalue weighted by Gasteiger charge is 2.29. The third kappa shape index (κ3) is 4.58. The van der Waals surface area contributed by atoms with Gasteiger partial charge in [0.25, 0.3) is 0 Å². The summed E-state index contributed by atoms with van der Waals surface area (Å²) in [5, 5.41) is 0. The molecule has 29 heavy (non-hydrogen) atoms. The van der Waals surface area contributed by atoms with Crippen LogP contribution in [-0.4, -0.2) is 45.8 Å². The van der Waals surface area contributed by atoms with Crippen molar-refractivity contribution in [3.05, 3.63) is 47.5 Å². The van der Waals surface area contributed by atoms with E-state index in [0.717, 1.165) is 36.3 Å². The van der Waals surface area contributed by atoms with Crippen LogP contribution in [0.4, 0.5) is 0 Å². The van der Waals surface area contributed by atoms with E-state index >= 15 is 0 Å². The quantitative estimate of drug-likeness (QED) is 0.671. The van der Waals surface area contributed by atoms with E-state index < -0.39 is 0 Å². The third-order valence-electron chi connectivity index (χ3n) is 5.43. The summed E-state index contributed by atoms with van der Waals surface area (Å²) in [7, 11) is 6.42. The molecule has 1 heterocycles. The van der Waals surface area contributed by atoms with Crippen LogP contribution < -0.4 is 18.9 Å². The number of aryl methyl sites for hydroxylation is 1. The summed E-state index contributed by atoms with van der Waals surface area (Å²) in [6.45, 7) is 0.796. The molecule has 6 nitrogen and oxygen atoms in total. The molecule has 2 aromatic carbocycles. The van der Waals surface area contributed by atoms with Crippen molar-refractivity contribution in [1.82, 2.24) is 4.90 Å². The molecule has 0 saturated carbocycles. The Hall–Kier alpha value is -2.89. The second kappa shape index (κ2) is 9.54. The van der Waals surface area contributed by atoms with Gasteiger partial charge in [-0.05, 0) is 54.7 Å². The minimum atomic E-state index is 0.133. The van der Waals surface area contributed by atoms with E-state index in [-0.39, 0.29) is 11.9 Å². The molecule has 1 atom stereocenters. The highest BCUT2D eigenvalue weighted by Crippen LogP contribution is 2.39. The van der Waals surface area contributed by atoms with Gasteiger partial charge in [0, 0.05) is 13.0 Å². The van der Waals surface area contributed by atoms with E-state index in [2.05, 4.69) is 0 Å². The Kier molecular flexibility index (Phi) is 6.86. The molecule has 2 aromatic rings. The number of benzene rings is 2. The normalized spacial score (nSPS) is 15.9. The van der Waals surface area contributed by atoms with Gasteiger partial charge in [-0.3, -0.25) is 4.79 Å². The first-order chi connectivity index (χ1) is 14.1. The molecule has 0 bridgehead atoms. The Balaban J connectivity index is 1.69. The van der Waals surface area contributed by atoms with Crippen molar-refractivity contribution in [2.24, 2.45) is 0 Å². The van der Waals surface area contributed by atoms with Gasteiger partial charge in [-0.25, -0.2) is 0 Å². The van der Waals surface area contributed by atoms with Gasteiger partial charge in [-0.15, -0.1) is 0 Å². The van der Waals surface area contributed by atoms with Crippen molar-refractivity contribution in [2.75, 3.05) is 35.0 Å². The average molecular weight is 399 g/mol. The lowest BCUT2D eigenvalue weighted by Crippen LogP contribution is -2.30. The average Bonchev–Trinajstić information content (AvgIpc) is 3.26. The fraction of sp³-hybridized carbons (Fsp3) is 0.435. The predicted octanol–water partition coefficient (Wildman–Crippen LogP) is 4.02. The number of amides is 1. The van der Waals surface area contributed by atoms with Gasteiger partial charge in [0.2, 0.25) is 11.7 Å². The number of hydrogen-bond acceptors (Lipinski definition) is 5. The number of hydrogen-bond donors (Lipinski definition) is 0. The Bertz CT molecular complexity index is 809. The summed E-state index contributed by atoms with van der Waals surface area (Å²) in [6.07, 6.45) is 3.06. The molecule has 1 aliphatic rings. The monoisotopic (exact) mass is 399 g/mol. The fourth-order valence-corrected chi connectivity index (χ4v) is 3.91. The van der Waals surface area contributed by atoms with Crippen LogP contribution in [0.1, 0.15) is 36.4 Å². The highest BCUT2D eigenvalue weighted by atomic mass is 16.5. The number of likely N-dealkylation sites (tertiary alicyclic amines) is 1. The van der Waals surface area contributed by atoms with Crippen molar-refractivity contribution in [2.45, 2.75) is 31.7 Å². The molecule has 0 aliphatic carbocycles. The van der Waals surface area contributed by atoms with Gasteiger partial charge in [-0.1, -0.05) is 12.1 Å². The summed E-state index contributed by atoms with van der Waals surface area (Å²) in [6, 6.07) is 11.9. The topological polar surface area (TPSA) is 57.2 Å². The number of carbonyl (C=O) groups is 1. The SMILES string of the molecule is COc1ccc(C2CCCN2C(=O)CCc2cc(OC)c(OC)c(OC)c2)cc1. The van der Waals surface area contributed by atoms with E-state index in [1.165, 1.54) is 0 Å². The molecule has 6 heteroatoms. The number of ether oxygens (including phenoxy) is 4.